The predicted octanol–water partition coefficient (Wildman–Crippen LogP) is 3.76. The summed E-state index contributed by atoms with van der Waals surface area (Å²) in [7, 11) is -1.91. The number of ether oxygens (including phenoxy) is 1. The third kappa shape index (κ3) is 4.06. The van der Waals surface area contributed by atoms with Gasteiger partial charge in [0.25, 0.3) is 5.56 Å². The van der Waals surface area contributed by atoms with Gasteiger partial charge in [-0.2, -0.15) is 0 Å². The Morgan fingerprint density at radius 1 is 1.19 bits per heavy atom. The lowest BCUT2D eigenvalue weighted by atomic mass is 10.1. The maximum atomic E-state index is 14.2. The van der Waals surface area contributed by atoms with Gasteiger partial charge in [0, 0.05) is 42.0 Å². The van der Waals surface area contributed by atoms with Gasteiger partial charge in [-0.05, 0) is 31.2 Å². The van der Waals surface area contributed by atoms with Gasteiger partial charge in [-0.25, -0.2) is 22.2 Å². The van der Waals surface area contributed by atoms with Gasteiger partial charge in [-0.1, -0.05) is 0 Å². The Morgan fingerprint density at radius 2 is 1.97 bits per heavy atom. The number of rotatable bonds is 6. The fourth-order valence-electron chi connectivity index (χ4n) is 3.28. The molecule has 0 saturated heterocycles. The average molecular weight is 460 g/mol. The molecule has 0 bridgehead atoms. The fraction of sp³-hybridized carbons (Fsp3) is 0.143. The van der Waals surface area contributed by atoms with Crippen molar-refractivity contribution in [2.24, 2.45) is 7.05 Å². The van der Waals surface area contributed by atoms with Crippen LogP contribution in [-0.2, 0) is 17.1 Å². The average Bonchev–Trinajstić information content (AvgIpc) is 3.08. The molecule has 4 aromatic rings. The molecule has 11 heteroatoms. The second-order valence-corrected chi connectivity index (χ2v) is 8.99. The Morgan fingerprint density at radius 3 is 2.69 bits per heavy atom. The van der Waals surface area contributed by atoms with E-state index in [4.69, 9.17) is 4.74 Å². The molecule has 2 N–H and O–H groups in total. The quantitative estimate of drug-likeness (QED) is 0.456. The van der Waals surface area contributed by atoms with Crippen molar-refractivity contribution in [1.29, 1.82) is 0 Å². The van der Waals surface area contributed by atoms with E-state index in [9.17, 15) is 22.0 Å². The SMILES string of the molecule is CCS(=O)(=O)Nc1cnc(Oc2ccc(F)cc2F)c(-c2cn(C)c3c(=O)[nH]ccc23)c1. The molecule has 0 amide bonds. The van der Waals surface area contributed by atoms with E-state index in [0.29, 0.717) is 28.1 Å². The van der Waals surface area contributed by atoms with Crippen LogP contribution in [-0.4, -0.2) is 28.7 Å². The second kappa shape index (κ2) is 8.08. The Labute approximate surface area is 181 Å². The summed E-state index contributed by atoms with van der Waals surface area (Å²) in [6.45, 7) is 1.49. The molecule has 0 aliphatic carbocycles. The topological polar surface area (TPSA) is 106 Å². The predicted molar refractivity (Wildman–Crippen MR) is 116 cm³/mol. The zero-order chi connectivity index (χ0) is 23.0. The first kappa shape index (κ1) is 21.5. The molecule has 0 spiro atoms. The maximum absolute atomic E-state index is 14.2. The Hall–Kier alpha value is -3.73. The molecule has 3 aromatic heterocycles. The minimum atomic E-state index is -3.59. The molecule has 4 rings (SSSR count). The van der Waals surface area contributed by atoms with Gasteiger partial charge in [0.15, 0.2) is 11.6 Å². The number of H-pyrrole nitrogens is 1. The van der Waals surface area contributed by atoms with Crippen LogP contribution in [0.3, 0.4) is 0 Å². The molecule has 0 saturated carbocycles. The number of hydrogen-bond donors (Lipinski definition) is 2. The molecular formula is C21H18F2N4O4S. The summed E-state index contributed by atoms with van der Waals surface area (Å²) >= 11 is 0. The summed E-state index contributed by atoms with van der Waals surface area (Å²) in [5, 5.41) is 0.554. The van der Waals surface area contributed by atoms with Gasteiger partial charge < -0.3 is 14.3 Å². The number of aromatic nitrogens is 3. The molecule has 0 fully saturated rings. The number of nitrogens with zero attached hydrogens (tertiary/aromatic N) is 2. The molecule has 3 heterocycles. The van der Waals surface area contributed by atoms with Crippen LogP contribution in [0.15, 0.2) is 53.7 Å². The summed E-state index contributed by atoms with van der Waals surface area (Å²) in [6, 6.07) is 6.00. The highest BCUT2D eigenvalue weighted by atomic mass is 32.2. The molecule has 0 aliphatic rings. The summed E-state index contributed by atoms with van der Waals surface area (Å²) in [6.07, 6.45) is 4.36. The third-order valence-electron chi connectivity index (χ3n) is 4.80. The third-order valence-corrected chi connectivity index (χ3v) is 6.10. The van der Waals surface area contributed by atoms with Crippen molar-refractivity contribution < 1.29 is 21.9 Å². The van der Waals surface area contributed by atoms with Crippen molar-refractivity contribution in [1.82, 2.24) is 14.5 Å². The van der Waals surface area contributed by atoms with Crippen LogP contribution in [0.1, 0.15) is 6.92 Å². The van der Waals surface area contributed by atoms with Crippen molar-refractivity contribution in [2.45, 2.75) is 6.92 Å². The monoisotopic (exact) mass is 460 g/mol. The van der Waals surface area contributed by atoms with E-state index in [1.165, 1.54) is 25.4 Å². The van der Waals surface area contributed by atoms with Gasteiger partial charge >= 0.3 is 0 Å². The van der Waals surface area contributed by atoms with Crippen molar-refractivity contribution in [3.63, 3.8) is 0 Å². The number of hydrogen-bond acceptors (Lipinski definition) is 5. The first-order chi connectivity index (χ1) is 15.2. The van der Waals surface area contributed by atoms with E-state index >= 15 is 0 Å². The summed E-state index contributed by atoms with van der Waals surface area (Å²) in [4.78, 5) is 19.1. The molecule has 0 atom stereocenters. The van der Waals surface area contributed by atoms with Crippen LogP contribution in [0.2, 0.25) is 0 Å². The number of aromatic amines is 1. The van der Waals surface area contributed by atoms with E-state index < -0.39 is 21.7 Å². The number of benzene rings is 1. The van der Waals surface area contributed by atoms with E-state index in [0.717, 1.165) is 12.1 Å². The van der Waals surface area contributed by atoms with Crippen LogP contribution in [0.25, 0.3) is 22.0 Å². The lowest BCUT2D eigenvalue weighted by Crippen LogP contribution is -2.14. The zero-order valence-electron chi connectivity index (χ0n) is 17.0. The number of fused-ring (bicyclic) bond motifs is 1. The number of pyridine rings is 2. The minimum Gasteiger partial charge on any atom is -0.435 e. The number of halogens is 2. The van der Waals surface area contributed by atoms with Gasteiger partial charge in [-0.3, -0.25) is 9.52 Å². The van der Waals surface area contributed by atoms with Crippen LogP contribution >= 0.6 is 0 Å². The highest BCUT2D eigenvalue weighted by molar-refractivity contribution is 7.92. The molecule has 32 heavy (non-hydrogen) atoms. The smallest absolute Gasteiger partial charge is 0.272 e. The summed E-state index contributed by atoms with van der Waals surface area (Å²) < 4.78 is 61.2. The summed E-state index contributed by atoms with van der Waals surface area (Å²) in [5.74, 6) is -2.16. The van der Waals surface area contributed by atoms with Crippen molar-refractivity contribution in [3.05, 3.63) is 70.9 Å². The second-order valence-electron chi connectivity index (χ2n) is 6.98. The largest absolute Gasteiger partial charge is 0.435 e. The van der Waals surface area contributed by atoms with Gasteiger partial charge in [0.05, 0.1) is 17.6 Å². The first-order valence-electron chi connectivity index (χ1n) is 9.49. The van der Waals surface area contributed by atoms with Gasteiger partial charge in [0.1, 0.15) is 11.3 Å². The van der Waals surface area contributed by atoms with Crippen molar-refractivity contribution in [2.75, 3.05) is 10.5 Å². The lowest BCUT2D eigenvalue weighted by Gasteiger charge is -2.13. The van der Waals surface area contributed by atoms with Crippen molar-refractivity contribution in [3.8, 4) is 22.8 Å². The Kier molecular flexibility index (Phi) is 5.43. The normalized spacial score (nSPS) is 11.6. The number of nitrogens with one attached hydrogen (secondary N) is 2. The van der Waals surface area contributed by atoms with Crippen LogP contribution < -0.4 is 15.0 Å². The molecule has 8 nitrogen and oxygen atoms in total. The highest BCUT2D eigenvalue weighted by Gasteiger charge is 2.19. The van der Waals surface area contributed by atoms with E-state index in [1.54, 1.807) is 23.9 Å². The Bertz CT molecular complexity index is 1500. The minimum absolute atomic E-state index is 0.0530. The van der Waals surface area contributed by atoms with Crippen LogP contribution in [0.4, 0.5) is 14.5 Å². The first-order valence-corrected chi connectivity index (χ1v) is 11.1. The summed E-state index contributed by atoms with van der Waals surface area (Å²) in [5.41, 5.74) is 1.04. The molecule has 0 unspecified atom stereocenters. The highest BCUT2D eigenvalue weighted by Crippen LogP contribution is 2.38. The number of aryl methyl sites for hydroxylation is 1. The van der Waals surface area contributed by atoms with E-state index in [1.807, 2.05) is 0 Å². The maximum Gasteiger partial charge on any atom is 0.272 e. The molecule has 1 aromatic carbocycles. The van der Waals surface area contributed by atoms with Crippen LogP contribution in [0, 0.1) is 11.6 Å². The standard InChI is InChI=1S/C21H18F2N4O4S/c1-3-32(29,30)26-13-9-15(16-11-27(2)19-14(16)6-7-24-20(19)28)21(25-10-13)31-18-5-4-12(22)8-17(18)23/h4-11,26H,3H2,1-2H3,(H,24,28). The van der Waals surface area contributed by atoms with Crippen molar-refractivity contribution >= 4 is 26.6 Å². The van der Waals surface area contributed by atoms with Crippen LogP contribution in [0.5, 0.6) is 11.6 Å². The lowest BCUT2D eigenvalue weighted by molar-refractivity contribution is 0.425. The molecule has 0 aliphatic heterocycles. The fourth-order valence-corrected chi connectivity index (χ4v) is 3.89. The Balaban J connectivity index is 1.91. The zero-order valence-corrected chi connectivity index (χ0v) is 17.8. The molecule has 166 valence electrons. The molecule has 0 radical (unpaired) electrons. The van der Waals surface area contributed by atoms with Gasteiger partial charge in [0.2, 0.25) is 15.9 Å². The van der Waals surface area contributed by atoms with Gasteiger partial charge in [-0.15, -0.1) is 0 Å². The van der Waals surface area contributed by atoms with E-state index in [2.05, 4.69) is 14.7 Å². The molecular weight excluding hydrogens is 442 g/mol. The number of sulfonamides is 1. The van der Waals surface area contributed by atoms with E-state index in [-0.39, 0.29) is 28.6 Å². The number of anilines is 1.